The number of hydrogen-bond donors (Lipinski definition) is 0. The molecule has 5 nitrogen and oxygen atoms in total. The zero-order chi connectivity index (χ0) is 17.8. The number of piperidine rings is 1. The molecule has 0 spiro atoms. The van der Waals surface area contributed by atoms with Crippen LogP contribution < -0.4 is 4.74 Å². The summed E-state index contributed by atoms with van der Waals surface area (Å²) in [5.41, 5.74) is 0.194. The minimum absolute atomic E-state index is 0.0675. The Labute approximate surface area is 148 Å². The molecule has 2 aromatic rings. The first-order chi connectivity index (χ1) is 12.0. The molecule has 0 saturated carbocycles. The summed E-state index contributed by atoms with van der Waals surface area (Å²) in [6, 6.07) is 4.40. The third-order valence-electron chi connectivity index (χ3n) is 3.99. The van der Waals surface area contributed by atoms with Crippen molar-refractivity contribution in [2.45, 2.75) is 25.4 Å². The van der Waals surface area contributed by atoms with Crippen molar-refractivity contribution in [2.75, 3.05) is 13.1 Å². The van der Waals surface area contributed by atoms with Gasteiger partial charge in [0.15, 0.2) is 5.82 Å². The van der Waals surface area contributed by atoms with E-state index in [1.54, 1.807) is 11.0 Å². The van der Waals surface area contributed by atoms with E-state index in [4.69, 9.17) is 16.3 Å². The van der Waals surface area contributed by atoms with Crippen LogP contribution in [0.25, 0.3) is 0 Å². The molecule has 8 heteroatoms. The number of nitrogens with zero attached hydrogens (tertiary/aromatic N) is 3. The van der Waals surface area contributed by atoms with Crippen molar-refractivity contribution in [3.63, 3.8) is 0 Å². The van der Waals surface area contributed by atoms with Gasteiger partial charge in [0.1, 0.15) is 11.9 Å². The molecule has 25 heavy (non-hydrogen) atoms. The molecule has 1 amide bonds. The largest absolute Gasteiger partial charge is 0.458 e. The van der Waals surface area contributed by atoms with Crippen LogP contribution in [0.1, 0.15) is 18.4 Å². The Hall–Kier alpha value is -2.28. The summed E-state index contributed by atoms with van der Waals surface area (Å²) in [5, 5.41) is 0.234. The molecule has 0 radical (unpaired) electrons. The topological polar surface area (TPSA) is 55.3 Å². The highest BCUT2D eigenvalue weighted by molar-refractivity contribution is 6.31. The number of aromatic nitrogens is 2. The van der Waals surface area contributed by atoms with E-state index in [1.165, 1.54) is 12.1 Å². The molecule has 0 N–H and O–H groups in total. The Morgan fingerprint density at radius 2 is 2.08 bits per heavy atom. The number of carbonyl (C=O) groups is 1. The Morgan fingerprint density at radius 3 is 2.80 bits per heavy atom. The van der Waals surface area contributed by atoms with Crippen LogP contribution in [0, 0.1) is 11.6 Å². The molecule has 1 fully saturated rings. The van der Waals surface area contributed by atoms with Crippen LogP contribution in [0.2, 0.25) is 5.02 Å². The van der Waals surface area contributed by atoms with Gasteiger partial charge < -0.3 is 9.64 Å². The van der Waals surface area contributed by atoms with E-state index in [0.29, 0.717) is 13.1 Å². The van der Waals surface area contributed by atoms with E-state index in [0.717, 1.165) is 25.2 Å². The Kier molecular flexibility index (Phi) is 5.43. The number of carbonyl (C=O) groups excluding carboxylic acids is 1. The summed E-state index contributed by atoms with van der Waals surface area (Å²) in [4.78, 5) is 21.6. The van der Waals surface area contributed by atoms with Crippen LogP contribution in [0.15, 0.2) is 30.6 Å². The fourth-order valence-corrected chi connectivity index (χ4v) is 2.97. The third kappa shape index (κ3) is 4.42. The number of ether oxygens (including phenoxy) is 1. The lowest BCUT2D eigenvalue weighted by Gasteiger charge is -2.32. The van der Waals surface area contributed by atoms with Crippen molar-refractivity contribution < 1.29 is 18.3 Å². The third-order valence-corrected chi connectivity index (χ3v) is 4.34. The monoisotopic (exact) mass is 367 g/mol. The van der Waals surface area contributed by atoms with E-state index in [9.17, 15) is 13.6 Å². The van der Waals surface area contributed by atoms with Gasteiger partial charge in [0.25, 0.3) is 0 Å². The van der Waals surface area contributed by atoms with Crippen LogP contribution in [0.4, 0.5) is 8.78 Å². The van der Waals surface area contributed by atoms with Crippen molar-refractivity contribution >= 4 is 17.5 Å². The fraction of sp³-hybridized carbons (Fsp3) is 0.353. The minimum Gasteiger partial charge on any atom is -0.458 e. The predicted molar refractivity (Wildman–Crippen MR) is 87.3 cm³/mol. The molecule has 132 valence electrons. The van der Waals surface area contributed by atoms with Crippen LogP contribution in [-0.2, 0) is 11.2 Å². The smallest absolute Gasteiger partial charge is 0.316 e. The fourth-order valence-electron chi connectivity index (χ4n) is 2.74. The molecule has 1 saturated heterocycles. The Bertz CT molecular complexity index is 738. The van der Waals surface area contributed by atoms with E-state index >= 15 is 0 Å². The van der Waals surface area contributed by atoms with Crippen LogP contribution in [-0.4, -0.2) is 40.0 Å². The van der Waals surface area contributed by atoms with Crippen LogP contribution >= 0.6 is 11.6 Å². The maximum Gasteiger partial charge on any atom is 0.316 e. The maximum atomic E-state index is 13.8. The predicted octanol–water partition coefficient (Wildman–Crippen LogP) is 3.02. The average molecular weight is 368 g/mol. The average Bonchev–Trinajstić information content (AvgIpc) is 2.60. The number of hydrogen-bond acceptors (Lipinski definition) is 4. The van der Waals surface area contributed by atoms with Crippen molar-refractivity contribution in [3.05, 3.63) is 52.8 Å². The molecule has 1 aromatic heterocycles. The van der Waals surface area contributed by atoms with E-state index in [1.807, 2.05) is 0 Å². The molecule has 0 bridgehead atoms. The quantitative estimate of drug-likeness (QED) is 0.833. The van der Waals surface area contributed by atoms with Crippen molar-refractivity contribution in [3.8, 4) is 6.01 Å². The summed E-state index contributed by atoms with van der Waals surface area (Å²) in [7, 11) is 0. The van der Waals surface area contributed by atoms with Crippen LogP contribution in [0.5, 0.6) is 6.01 Å². The SMILES string of the molecule is O=C(Cc1c(F)cccc1Cl)N1CCCC(Oc2ncc(F)cn2)C1. The van der Waals surface area contributed by atoms with E-state index < -0.39 is 11.6 Å². The second-order valence-electron chi connectivity index (χ2n) is 5.78. The maximum absolute atomic E-state index is 13.8. The molecule has 2 heterocycles. The second kappa shape index (κ2) is 7.74. The summed E-state index contributed by atoms with van der Waals surface area (Å²) in [6.07, 6.45) is 3.11. The first-order valence-electron chi connectivity index (χ1n) is 7.88. The molecule has 1 aliphatic heterocycles. The normalized spacial score (nSPS) is 17.4. The van der Waals surface area contributed by atoms with Gasteiger partial charge in [-0.1, -0.05) is 17.7 Å². The first kappa shape index (κ1) is 17.5. The molecular formula is C17H16ClF2N3O2. The molecule has 1 aromatic carbocycles. The lowest BCUT2D eigenvalue weighted by Crippen LogP contribution is -2.45. The van der Waals surface area contributed by atoms with Crippen molar-refractivity contribution in [2.24, 2.45) is 0 Å². The zero-order valence-electron chi connectivity index (χ0n) is 13.3. The highest BCUT2D eigenvalue weighted by Crippen LogP contribution is 2.22. The first-order valence-corrected chi connectivity index (χ1v) is 8.25. The lowest BCUT2D eigenvalue weighted by atomic mass is 10.1. The molecule has 0 aliphatic carbocycles. The van der Waals surface area contributed by atoms with Gasteiger partial charge in [0.2, 0.25) is 5.91 Å². The highest BCUT2D eigenvalue weighted by atomic mass is 35.5. The summed E-state index contributed by atoms with van der Waals surface area (Å²) in [6.45, 7) is 0.903. The molecule has 1 unspecified atom stereocenters. The number of benzene rings is 1. The van der Waals surface area contributed by atoms with Gasteiger partial charge in [-0.15, -0.1) is 0 Å². The number of halogens is 3. The minimum atomic E-state index is -0.547. The van der Waals surface area contributed by atoms with Gasteiger partial charge in [-0.25, -0.2) is 18.7 Å². The highest BCUT2D eigenvalue weighted by Gasteiger charge is 2.26. The van der Waals surface area contributed by atoms with Crippen LogP contribution in [0.3, 0.4) is 0 Å². The Morgan fingerprint density at radius 1 is 1.32 bits per heavy atom. The Balaban J connectivity index is 1.62. The molecule has 1 aliphatic rings. The van der Waals surface area contributed by atoms with Gasteiger partial charge in [-0.05, 0) is 25.0 Å². The van der Waals surface area contributed by atoms with E-state index in [2.05, 4.69) is 9.97 Å². The van der Waals surface area contributed by atoms with Gasteiger partial charge in [-0.3, -0.25) is 4.79 Å². The van der Waals surface area contributed by atoms with Gasteiger partial charge >= 0.3 is 6.01 Å². The van der Waals surface area contributed by atoms with Gasteiger partial charge in [0, 0.05) is 17.1 Å². The summed E-state index contributed by atoms with van der Waals surface area (Å²) in [5.74, 6) is -1.26. The van der Waals surface area contributed by atoms with E-state index in [-0.39, 0.29) is 35.0 Å². The molecular weight excluding hydrogens is 352 g/mol. The number of rotatable bonds is 4. The lowest BCUT2D eigenvalue weighted by molar-refractivity contribution is -0.133. The standard InChI is InChI=1S/C17H16ClF2N3O2/c18-14-4-1-5-15(20)13(14)7-16(24)23-6-2-3-12(10-23)25-17-21-8-11(19)9-22-17/h1,4-5,8-9,12H,2-3,6-7,10H2. The zero-order valence-corrected chi connectivity index (χ0v) is 14.0. The van der Waals surface area contributed by atoms with Gasteiger partial charge in [0.05, 0.1) is 25.4 Å². The summed E-state index contributed by atoms with van der Waals surface area (Å²) < 4.78 is 32.3. The van der Waals surface area contributed by atoms with Crippen molar-refractivity contribution in [1.82, 2.24) is 14.9 Å². The van der Waals surface area contributed by atoms with Gasteiger partial charge in [-0.2, -0.15) is 0 Å². The number of amides is 1. The molecule has 1 atom stereocenters. The number of likely N-dealkylation sites (tertiary alicyclic amines) is 1. The molecule has 3 rings (SSSR count). The second-order valence-corrected chi connectivity index (χ2v) is 6.19. The summed E-state index contributed by atoms with van der Waals surface area (Å²) >= 11 is 5.98. The van der Waals surface area contributed by atoms with Crippen molar-refractivity contribution in [1.29, 1.82) is 0 Å².